The summed E-state index contributed by atoms with van der Waals surface area (Å²) >= 11 is 0. The Kier molecular flexibility index (Phi) is 5.65. The summed E-state index contributed by atoms with van der Waals surface area (Å²) in [7, 11) is 3.13. The lowest BCUT2D eigenvalue weighted by Gasteiger charge is -2.51. The van der Waals surface area contributed by atoms with Crippen LogP contribution < -0.4 is 20.1 Å². The van der Waals surface area contributed by atoms with Crippen molar-refractivity contribution in [1.82, 2.24) is 10.2 Å². The standard InChI is InChI=1S/C18H27N3O4/c1-23-15-6-3-5-14(16(15)24-2)20-17(22)19-13-18(7-4-8-18)21-9-11-25-12-10-21/h3,5-6H,4,7-13H2,1-2H3,(H2,19,20,22). The van der Waals surface area contributed by atoms with Crippen LogP contribution in [0.4, 0.5) is 10.5 Å². The van der Waals surface area contributed by atoms with E-state index in [1.807, 2.05) is 6.07 Å². The molecule has 0 unspecified atom stereocenters. The third kappa shape index (κ3) is 3.82. The van der Waals surface area contributed by atoms with Gasteiger partial charge in [0.15, 0.2) is 11.5 Å². The van der Waals surface area contributed by atoms with Gasteiger partial charge in [0, 0.05) is 25.2 Å². The van der Waals surface area contributed by atoms with Gasteiger partial charge in [0.25, 0.3) is 0 Å². The van der Waals surface area contributed by atoms with Crippen LogP contribution >= 0.6 is 0 Å². The van der Waals surface area contributed by atoms with Gasteiger partial charge in [0.1, 0.15) is 0 Å². The summed E-state index contributed by atoms with van der Waals surface area (Å²) in [5, 5.41) is 5.89. The summed E-state index contributed by atoms with van der Waals surface area (Å²) in [6.07, 6.45) is 3.45. The van der Waals surface area contributed by atoms with E-state index < -0.39 is 0 Å². The number of carbonyl (C=O) groups is 1. The van der Waals surface area contributed by atoms with Crippen molar-refractivity contribution in [3.05, 3.63) is 18.2 Å². The van der Waals surface area contributed by atoms with Gasteiger partial charge in [-0.15, -0.1) is 0 Å². The molecule has 2 amide bonds. The van der Waals surface area contributed by atoms with Crippen molar-refractivity contribution in [2.75, 3.05) is 52.4 Å². The number of rotatable bonds is 6. The monoisotopic (exact) mass is 349 g/mol. The Morgan fingerprint density at radius 3 is 2.60 bits per heavy atom. The number of amides is 2. The molecular formula is C18H27N3O4. The van der Waals surface area contributed by atoms with Crippen LogP contribution in [0.2, 0.25) is 0 Å². The predicted molar refractivity (Wildman–Crippen MR) is 95.5 cm³/mol. The van der Waals surface area contributed by atoms with Crippen LogP contribution in [-0.4, -0.2) is 63.5 Å². The van der Waals surface area contributed by atoms with Crippen molar-refractivity contribution >= 4 is 11.7 Å². The summed E-state index contributed by atoms with van der Waals surface area (Å²) in [6, 6.07) is 5.18. The van der Waals surface area contributed by atoms with Gasteiger partial charge >= 0.3 is 6.03 Å². The van der Waals surface area contributed by atoms with Crippen LogP contribution in [-0.2, 0) is 4.74 Å². The fourth-order valence-corrected chi connectivity index (χ4v) is 3.62. The number of benzene rings is 1. The fraction of sp³-hybridized carbons (Fsp3) is 0.611. The molecule has 1 aliphatic heterocycles. The van der Waals surface area contributed by atoms with E-state index in [1.54, 1.807) is 26.4 Å². The maximum absolute atomic E-state index is 12.4. The molecule has 7 nitrogen and oxygen atoms in total. The second-order valence-corrected chi connectivity index (χ2v) is 6.53. The van der Waals surface area contributed by atoms with Crippen LogP contribution in [0.5, 0.6) is 11.5 Å². The Labute approximate surface area is 148 Å². The first-order valence-electron chi connectivity index (χ1n) is 8.77. The first-order valence-corrected chi connectivity index (χ1v) is 8.77. The smallest absolute Gasteiger partial charge is 0.319 e. The van der Waals surface area contributed by atoms with E-state index in [0.29, 0.717) is 23.7 Å². The minimum absolute atomic E-state index is 0.0829. The Balaban J connectivity index is 1.59. The number of nitrogens with one attached hydrogen (secondary N) is 2. The molecule has 0 aromatic heterocycles. The largest absolute Gasteiger partial charge is 0.493 e. The van der Waals surface area contributed by atoms with Gasteiger partial charge in [-0.1, -0.05) is 6.07 Å². The number of anilines is 1. The van der Waals surface area contributed by atoms with Gasteiger partial charge in [-0.25, -0.2) is 4.79 Å². The summed E-state index contributed by atoms with van der Waals surface area (Å²) < 4.78 is 16.1. The molecule has 0 bridgehead atoms. The molecule has 1 aliphatic carbocycles. The Hall–Kier alpha value is -1.99. The lowest BCUT2D eigenvalue weighted by Crippen LogP contribution is -2.62. The molecule has 1 heterocycles. The van der Waals surface area contributed by atoms with Gasteiger partial charge in [0.05, 0.1) is 33.1 Å². The average Bonchev–Trinajstić information content (AvgIpc) is 2.61. The molecule has 3 rings (SSSR count). The number of nitrogens with zero attached hydrogens (tertiary/aromatic N) is 1. The highest BCUT2D eigenvalue weighted by molar-refractivity contribution is 5.91. The highest BCUT2D eigenvalue weighted by Gasteiger charge is 2.43. The average molecular weight is 349 g/mol. The number of hydrogen-bond donors (Lipinski definition) is 2. The molecule has 0 atom stereocenters. The molecule has 25 heavy (non-hydrogen) atoms. The van der Waals surface area contributed by atoms with Crippen LogP contribution in [0.3, 0.4) is 0 Å². The van der Waals surface area contributed by atoms with Gasteiger partial charge in [0.2, 0.25) is 0 Å². The predicted octanol–water partition coefficient (Wildman–Crippen LogP) is 2.08. The molecule has 0 radical (unpaired) electrons. The minimum atomic E-state index is -0.230. The Morgan fingerprint density at radius 2 is 2.00 bits per heavy atom. The Bertz CT molecular complexity index is 598. The van der Waals surface area contributed by atoms with Crippen LogP contribution in [0.25, 0.3) is 0 Å². The van der Waals surface area contributed by atoms with E-state index in [4.69, 9.17) is 14.2 Å². The zero-order chi connectivity index (χ0) is 17.7. The molecular weight excluding hydrogens is 322 g/mol. The topological polar surface area (TPSA) is 72.1 Å². The van der Waals surface area contributed by atoms with E-state index in [0.717, 1.165) is 39.1 Å². The van der Waals surface area contributed by atoms with E-state index in [9.17, 15) is 4.79 Å². The van der Waals surface area contributed by atoms with Crippen molar-refractivity contribution in [3.8, 4) is 11.5 Å². The van der Waals surface area contributed by atoms with Crippen molar-refractivity contribution in [2.24, 2.45) is 0 Å². The number of methoxy groups -OCH3 is 2. The van der Waals surface area contributed by atoms with Gasteiger partial charge in [-0.05, 0) is 31.4 Å². The molecule has 7 heteroatoms. The highest BCUT2D eigenvalue weighted by Crippen LogP contribution is 2.38. The van der Waals surface area contributed by atoms with Crippen molar-refractivity contribution in [1.29, 1.82) is 0 Å². The summed E-state index contributed by atoms with van der Waals surface area (Å²) in [5.74, 6) is 1.11. The number of urea groups is 1. The van der Waals surface area contributed by atoms with Gasteiger partial charge < -0.3 is 24.8 Å². The number of hydrogen-bond acceptors (Lipinski definition) is 5. The summed E-state index contributed by atoms with van der Waals surface area (Å²) in [4.78, 5) is 14.9. The summed E-state index contributed by atoms with van der Waals surface area (Å²) in [5.41, 5.74) is 0.674. The molecule has 1 aromatic rings. The molecule has 2 aliphatic rings. The second kappa shape index (κ2) is 7.93. The molecule has 1 aromatic carbocycles. The van der Waals surface area contributed by atoms with Crippen LogP contribution in [0, 0.1) is 0 Å². The molecule has 2 N–H and O–H groups in total. The number of ether oxygens (including phenoxy) is 3. The zero-order valence-corrected chi connectivity index (χ0v) is 15.0. The van der Waals surface area contributed by atoms with Crippen LogP contribution in [0.15, 0.2) is 18.2 Å². The molecule has 1 saturated heterocycles. The van der Waals surface area contributed by atoms with E-state index >= 15 is 0 Å². The highest BCUT2D eigenvalue weighted by atomic mass is 16.5. The maximum Gasteiger partial charge on any atom is 0.319 e. The first-order chi connectivity index (χ1) is 12.2. The second-order valence-electron chi connectivity index (χ2n) is 6.53. The lowest BCUT2D eigenvalue weighted by atomic mass is 9.75. The van der Waals surface area contributed by atoms with E-state index in [1.165, 1.54) is 6.42 Å². The SMILES string of the molecule is COc1cccc(NC(=O)NCC2(N3CCOCC3)CCC2)c1OC. The Morgan fingerprint density at radius 1 is 1.24 bits per heavy atom. The quantitative estimate of drug-likeness (QED) is 0.823. The van der Waals surface area contributed by atoms with Crippen molar-refractivity contribution in [3.63, 3.8) is 0 Å². The molecule has 138 valence electrons. The summed E-state index contributed by atoms with van der Waals surface area (Å²) in [6.45, 7) is 4.06. The van der Waals surface area contributed by atoms with E-state index in [2.05, 4.69) is 15.5 Å². The van der Waals surface area contributed by atoms with Crippen molar-refractivity contribution in [2.45, 2.75) is 24.8 Å². The normalized spacial score (nSPS) is 19.6. The first kappa shape index (κ1) is 17.8. The van der Waals surface area contributed by atoms with E-state index in [-0.39, 0.29) is 11.6 Å². The number of morpholine rings is 1. The fourth-order valence-electron chi connectivity index (χ4n) is 3.62. The van der Waals surface area contributed by atoms with Gasteiger partial charge in [-0.2, -0.15) is 0 Å². The van der Waals surface area contributed by atoms with Gasteiger partial charge in [-0.3, -0.25) is 4.90 Å². The number of para-hydroxylation sites is 1. The molecule has 1 saturated carbocycles. The zero-order valence-electron chi connectivity index (χ0n) is 15.0. The molecule has 0 spiro atoms. The minimum Gasteiger partial charge on any atom is -0.493 e. The number of carbonyl (C=O) groups excluding carboxylic acids is 1. The maximum atomic E-state index is 12.4. The lowest BCUT2D eigenvalue weighted by molar-refractivity contribution is -0.0535. The molecule has 2 fully saturated rings. The third-order valence-electron chi connectivity index (χ3n) is 5.20. The van der Waals surface area contributed by atoms with Crippen molar-refractivity contribution < 1.29 is 19.0 Å². The van der Waals surface area contributed by atoms with Crippen LogP contribution in [0.1, 0.15) is 19.3 Å². The third-order valence-corrected chi connectivity index (χ3v) is 5.20.